The number of benzene rings is 2. The Bertz CT molecular complexity index is 1440. The molecule has 0 atom stereocenters. The highest BCUT2D eigenvalue weighted by molar-refractivity contribution is 6.07. The van der Waals surface area contributed by atoms with Crippen LogP contribution in [-0.4, -0.2) is 38.7 Å². The number of anilines is 1. The molecule has 1 aromatic heterocycles. The molecule has 0 saturated heterocycles. The Hall–Kier alpha value is -4.22. The smallest absolute Gasteiger partial charge is 0.452 e. The van der Waals surface area contributed by atoms with Crippen LogP contribution in [0.15, 0.2) is 36.5 Å². The van der Waals surface area contributed by atoms with E-state index in [1.807, 2.05) is 0 Å². The second-order valence-corrected chi connectivity index (χ2v) is 7.92. The summed E-state index contributed by atoms with van der Waals surface area (Å²) in [6.07, 6.45) is -13.7. The summed E-state index contributed by atoms with van der Waals surface area (Å²) in [6.45, 7) is 2.98. The predicted octanol–water partition coefficient (Wildman–Crippen LogP) is 4.91. The number of aliphatic hydroxyl groups is 3. The molecule has 40 heavy (non-hydrogen) atoms. The number of hydrogen-bond acceptors (Lipinski definition) is 8. The summed E-state index contributed by atoms with van der Waals surface area (Å²) >= 11 is 0. The second-order valence-electron chi connectivity index (χ2n) is 7.92. The number of rotatable bonds is 7. The first-order chi connectivity index (χ1) is 18.3. The lowest BCUT2D eigenvalue weighted by Crippen LogP contribution is -2.35. The Morgan fingerprint density at radius 1 is 0.875 bits per heavy atom. The molecule has 0 bridgehead atoms. The standard InChI is InChI=1S/C23H16F8N2O7/c1-9-8-32-10(2)7-12(9)33-20(34)16-13(4-3-11(17(16)24)21(26,27)28)38-15-6-5-14(39-22(29,30)31)18(25)19(15)40-23(35,36)37/h3-8,35-37H,1-2H3,(H,32,33,34). The maximum Gasteiger partial charge on any atom is 0.573 e. The topological polar surface area (TPSA) is 130 Å². The molecule has 1 heterocycles. The van der Waals surface area contributed by atoms with Gasteiger partial charge in [0.25, 0.3) is 5.91 Å². The summed E-state index contributed by atoms with van der Waals surface area (Å²) in [5, 5.41) is 29.4. The van der Waals surface area contributed by atoms with E-state index in [0.29, 0.717) is 23.4 Å². The zero-order valence-corrected chi connectivity index (χ0v) is 19.9. The molecule has 0 unspecified atom stereocenters. The molecule has 3 rings (SSSR count). The SMILES string of the molecule is Cc1cc(NC(=O)c2c(Oc3ccc(OC(F)(F)F)c(F)c3OC(O)(O)O)ccc(C(F)(F)F)c2F)c(C)cn1. The predicted molar refractivity (Wildman–Crippen MR) is 116 cm³/mol. The first-order valence-electron chi connectivity index (χ1n) is 10.5. The van der Waals surface area contributed by atoms with Gasteiger partial charge in [0, 0.05) is 17.6 Å². The van der Waals surface area contributed by atoms with Gasteiger partial charge >= 0.3 is 18.7 Å². The van der Waals surface area contributed by atoms with Gasteiger partial charge in [0.2, 0.25) is 11.6 Å². The third kappa shape index (κ3) is 7.25. The molecule has 0 saturated carbocycles. The summed E-state index contributed by atoms with van der Waals surface area (Å²) in [5.41, 5.74) is -2.62. The Morgan fingerprint density at radius 2 is 1.48 bits per heavy atom. The van der Waals surface area contributed by atoms with Crippen molar-refractivity contribution in [3.63, 3.8) is 0 Å². The van der Waals surface area contributed by atoms with Crippen molar-refractivity contribution in [1.29, 1.82) is 0 Å². The summed E-state index contributed by atoms with van der Waals surface area (Å²) in [7, 11) is 0. The number of pyridine rings is 1. The average Bonchev–Trinajstić information content (AvgIpc) is 2.78. The van der Waals surface area contributed by atoms with Gasteiger partial charge in [-0.05, 0) is 49.7 Å². The minimum absolute atomic E-state index is 0.00889. The highest BCUT2D eigenvalue weighted by atomic mass is 19.4. The van der Waals surface area contributed by atoms with E-state index in [-0.39, 0.29) is 17.8 Å². The average molecular weight is 584 g/mol. The first-order valence-corrected chi connectivity index (χ1v) is 10.5. The fraction of sp³-hybridized carbons (Fsp3) is 0.217. The van der Waals surface area contributed by atoms with Gasteiger partial charge in [-0.1, -0.05) is 0 Å². The van der Waals surface area contributed by atoms with Crippen LogP contribution >= 0.6 is 0 Å². The molecule has 0 radical (unpaired) electrons. The third-order valence-corrected chi connectivity index (χ3v) is 4.83. The van der Waals surface area contributed by atoms with Gasteiger partial charge in [-0.2, -0.15) is 17.6 Å². The van der Waals surface area contributed by atoms with Crippen molar-refractivity contribution in [2.24, 2.45) is 0 Å². The number of aryl methyl sites for hydroxylation is 2. The Balaban J connectivity index is 2.17. The molecule has 0 aliphatic rings. The van der Waals surface area contributed by atoms with Crippen LogP contribution in [0.3, 0.4) is 0 Å². The van der Waals surface area contributed by atoms with E-state index in [4.69, 9.17) is 20.1 Å². The van der Waals surface area contributed by atoms with Crippen molar-refractivity contribution in [1.82, 2.24) is 4.98 Å². The number of carbonyl (C=O) groups excluding carboxylic acids is 1. The lowest BCUT2D eigenvalue weighted by atomic mass is 10.1. The van der Waals surface area contributed by atoms with Gasteiger partial charge in [-0.15, -0.1) is 13.2 Å². The normalized spacial score (nSPS) is 12.2. The largest absolute Gasteiger partial charge is 0.573 e. The van der Waals surface area contributed by atoms with Crippen molar-refractivity contribution >= 4 is 11.6 Å². The number of hydrogen-bond donors (Lipinski definition) is 4. The quantitative estimate of drug-likeness (QED) is 0.228. The molecule has 3 aromatic rings. The van der Waals surface area contributed by atoms with Crippen molar-refractivity contribution in [2.75, 3.05) is 5.32 Å². The summed E-state index contributed by atoms with van der Waals surface area (Å²) in [6, 6.07) is 2.59. The van der Waals surface area contributed by atoms with Crippen LogP contribution in [0.2, 0.25) is 0 Å². The molecule has 4 N–H and O–H groups in total. The first kappa shape index (κ1) is 30.3. The van der Waals surface area contributed by atoms with Crippen LogP contribution in [-0.2, 0) is 6.18 Å². The summed E-state index contributed by atoms with van der Waals surface area (Å²) in [4.78, 5) is 16.9. The number of aromatic nitrogens is 1. The van der Waals surface area contributed by atoms with Crippen LogP contribution in [0.5, 0.6) is 23.0 Å². The van der Waals surface area contributed by atoms with Gasteiger partial charge in [-0.25, -0.2) is 4.39 Å². The lowest BCUT2D eigenvalue weighted by molar-refractivity contribution is -0.420. The number of nitrogens with zero attached hydrogens (tertiary/aromatic N) is 1. The van der Waals surface area contributed by atoms with Gasteiger partial charge in [0.1, 0.15) is 11.3 Å². The molecule has 0 aliphatic heterocycles. The van der Waals surface area contributed by atoms with E-state index in [2.05, 4.69) is 19.8 Å². The van der Waals surface area contributed by atoms with Gasteiger partial charge in [-0.3, -0.25) is 9.78 Å². The van der Waals surface area contributed by atoms with Crippen molar-refractivity contribution in [3.8, 4) is 23.0 Å². The number of carbonyl (C=O) groups is 1. The van der Waals surface area contributed by atoms with Crippen LogP contribution in [0.4, 0.5) is 40.8 Å². The van der Waals surface area contributed by atoms with Crippen molar-refractivity contribution in [2.45, 2.75) is 32.5 Å². The molecule has 0 fully saturated rings. The summed E-state index contributed by atoms with van der Waals surface area (Å²) in [5.74, 6) is -11.3. The molecule has 0 aliphatic carbocycles. The second kappa shape index (κ2) is 10.7. The number of amides is 1. The Kier molecular flexibility index (Phi) is 8.14. The van der Waals surface area contributed by atoms with E-state index in [1.165, 1.54) is 26.1 Å². The minimum Gasteiger partial charge on any atom is -0.452 e. The number of alkyl halides is 6. The molecular weight excluding hydrogens is 568 g/mol. The van der Waals surface area contributed by atoms with Crippen LogP contribution < -0.4 is 19.5 Å². The van der Waals surface area contributed by atoms with E-state index in [0.717, 1.165) is 0 Å². The number of ether oxygens (including phenoxy) is 3. The zero-order chi connectivity index (χ0) is 30.2. The molecule has 2 aromatic carbocycles. The fourth-order valence-electron chi connectivity index (χ4n) is 3.18. The Morgan fingerprint density at radius 3 is 2.05 bits per heavy atom. The zero-order valence-electron chi connectivity index (χ0n) is 19.9. The molecular formula is C23H16F8N2O7. The molecule has 0 spiro atoms. The van der Waals surface area contributed by atoms with Gasteiger partial charge in [0.05, 0.1) is 5.56 Å². The third-order valence-electron chi connectivity index (χ3n) is 4.83. The van der Waals surface area contributed by atoms with Gasteiger partial charge in [0.15, 0.2) is 17.3 Å². The van der Waals surface area contributed by atoms with E-state index < -0.39 is 70.4 Å². The highest BCUT2D eigenvalue weighted by Gasteiger charge is 2.39. The van der Waals surface area contributed by atoms with Gasteiger partial charge < -0.3 is 34.8 Å². The molecule has 9 nitrogen and oxygen atoms in total. The molecule has 17 heteroatoms. The Labute approximate surface area is 218 Å². The van der Waals surface area contributed by atoms with E-state index in [9.17, 15) is 35.5 Å². The van der Waals surface area contributed by atoms with Crippen LogP contribution in [0.1, 0.15) is 27.2 Å². The van der Waals surface area contributed by atoms with Crippen molar-refractivity contribution < 1.29 is 69.4 Å². The monoisotopic (exact) mass is 584 g/mol. The highest BCUT2D eigenvalue weighted by Crippen LogP contribution is 2.43. The molecule has 1 amide bonds. The lowest BCUT2D eigenvalue weighted by Gasteiger charge is -2.21. The maximum atomic E-state index is 15.1. The van der Waals surface area contributed by atoms with Crippen LogP contribution in [0, 0.1) is 25.5 Å². The fourth-order valence-corrected chi connectivity index (χ4v) is 3.18. The summed E-state index contributed by atoms with van der Waals surface area (Å²) < 4.78 is 120. The number of nitrogens with one attached hydrogen (secondary N) is 1. The maximum absolute atomic E-state index is 15.1. The molecule has 216 valence electrons. The van der Waals surface area contributed by atoms with E-state index >= 15 is 4.39 Å². The number of halogens is 8. The van der Waals surface area contributed by atoms with E-state index in [1.54, 1.807) is 0 Å². The van der Waals surface area contributed by atoms with Crippen molar-refractivity contribution in [3.05, 3.63) is 70.5 Å². The minimum atomic E-state index is -5.46. The van der Waals surface area contributed by atoms with Crippen LogP contribution in [0.25, 0.3) is 0 Å².